The van der Waals surface area contributed by atoms with E-state index in [2.05, 4.69) is 44.0 Å². The number of fused-ring (bicyclic) bond motifs is 4. The molecule has 0 aromatic heterocycles. The first kappa shape index (κ1) is 13.5. The van der Waals surface area contributed by atoms with Gasteiger partial charge in [0, 0.05) is 35.3 Å². The highest BCUT2D eigenvalue weighted by Crippen LogP contribution is 2.47. The second-order valence-corrected chi connectivity index (χ2v) is 6.88. The summed E-state index contributed by atoms with van der Waals surface area (Å²) in [5.41, 5.74) is 6.70. The third-order valence-electron chi connectivity index (χ3n) is 4.41. The molecule has 2 aliphatic heterocycles. The molecule has 0 bridgehead atoms. The van der Waals surface area contributed by atoms with Gasteiger partial charge in [-0.05, 0) is 29.7 Å². The molecule has 22 heavy (non-hydrogen) atoms. The molecule has 4 rings (SSSR count). The lowest BCUT2D eigenvalue weighted by molar-refractivity contribution is 0.245. The van der Waals surface area contributed by atoms with Crippen LogP contribution in [0.3, 0.4) is 0 Å². The summed E-state index contributed by atoms with van der Waals surface area (Å²) in [6.45, 7) is 6.55. The number of aliphatic imine (C=N–C) groups is 1. The number of benzene rings is 1. The van der Waals surface area contributed by atoms with Crippen LogP contribution in [0.1, 0.15) is 31.9 Å². The quantitative estimate of drug-likeness (QED) is 0.787. The van der Waals surface area contributed by atoms with Crippen molar-refractivity contribution in [2.45, 2.75) is 33.3 Å². The van der Waals surface area contributed by atoms with E-state index in [1.807, 2.05) is 12.3 Å². The molecule has 3 nitrogen and oxygen atoms in total. The third-order valence-corrected chi connectivity index (χ3v) is 4.41. The van der Waals surface area contributed by atoms with E-state index in [0.717, 1.165) is 28.1 Å². The van der Waals surface area contributed by atoms with E-state index in [4.69, 9.17) is 4.74 Å². The minimum Gasteiger partial charge on any atom is -0.464 e. The van der Waals surface area contributed by atoms with Crippen LogP contribution in [0.5, 0.6) is 5.75 Å². The summed E-state index contributed by atoms with van der Waals surface area (Å²) in [5, 5.41) is 9.80. The molecular formula is C19H19NO2. The van der Waals surface area contributed by atoms with Gasteiger partial charge < -0.3 is 9.84 Å². The second-order valence-electron chi connectivity index (χ2n) is 6.88. The minimum atomic E-state index is -0.497. The number of hydrogen-bond acceptors (Lipinski definition) is 3. The maximum absolute atomic E-state index is 9.80. The molecule has 1 aromatic carbocycles. The molecule has 3 aliphatic rings. The Kier molecular flexibility index (Phi) is 2.73. The Labute approximate surface area is 130 Å². The van der Waals surface area contributed by atoms with Crippen LogP contribution in [-0.4, -0.2) is 17.4 Å². The van der Waals surface area contributed by atoms with Crippen molar-refractivity contribution in [2.24, 2.45) is 10.4 Å². The van der Waals surface area contributed by atoms with Crippen molar-refractivity contribution in [1.82, 2.24) is 0 Å². The highest BCUT2D eigenvalue weighted by atomic mass is 16.5. The van der Waals surface area contributed by atoms with Crippen LogP contribution in [0.2, 0.25) is 0 Å². The van der Waals surface area contributed by atoms with E-state index in [-0.39, 0.29) is 5.41 Å². The minimum absolute atomic E-state index is 0.0267. The second kappa shape index (κ2) is 4.43. The first-order valence-electron chi connectivity index (χ1n) is 7.62. The lowest BCUT2D eigenvalue weighted by Crippen LogP contribution is -2.17. The van der Waals surface area contributed by atoms with Crippen molar-refractivity contribution in [3.05, 3.63) is 52.8 Å². The fourth-order valence-electron chi connectivity index (χ4n) is 3.49. The molecule has 1 aliphatic carbocycles. The van der Waals surface area contributed by atoms with Gasteiger partial charge in [0.1, 0.15) is 5.75 Å². The smallest absolute Gasteiger partial charge is 0.136 e. The fraction of sp³-hybridized carbons (Fsp3) is 0.316. The van der Waals surface area contributed by atoms with E-state index >= 15 is 0 Å². The zero-order valence-corrected chi connectivity index (χ0v) is 13.1. The highest BCUT2D eigenvalue weighted by molar-refractivity contribution is 5.90. The van der Waals surface area contributed by atoms with E-state index in [0.29, 0.717) is 6.42 Å². The Morgan fingerprint density at radius 1 is 1.23 bits per heavy atom. The molecule has 0 saturated carbocycles. The van der Waals surface area contributed by atoms with Crippen LogP contribution in [0.4, 0.5) is 5.69 Å². The molecule has 3 heteroatoms. The largest absolute Gasteiger partial charge is 0.464 e. The maximum Gasteiger partial charge on any atom is 0.136 e. The number of rotatable bonds is 0. The van der Waals surface area contributed by atoms with Gasteiger partial charge in [0.25, 0.3) is 0 Å². The highest BCUT2D eigenvalue weighted by Gasteiger charge is 2.29. The molecule has 0 saturated heterocycles. The average Bonchev–Trinajstić information content (AvgIpc) is 2.44. The summed E-state index contributed by atoms with van der Waals surface area (Å²) >= 11 is 0. The Balaban J connectivity index is 1.89. The fourth-order valence-corrected chi connectivity index (χ4v) is 3.49. The molecule has 2 heterocycles. The summed E-state index contributed by atoms with van der Waals surface area (Å²) in [6, 6.07) is 4.10. The molecular weight excluding hydrogens is 274 g/mol. The lowest BCUT2D eigenvalue weighted by atomic mass is 9.76. The van der Waals surface area contributed by atoms with E-state index in [1.54, 1.807) is 6.21 Å². The topological polar surface area (TPSA) is 41.8 Å². The average molecular weight is 293 g/mol. The SMILES string of the molecule is CC1=CC(C)(C)C=C2C1=COc1cc3c(cc12)CC(O)C=N3. The van der Waals surface area contributed by atoms with Gasteiger partial charge in [0.2, 0.25) is 0 Å². The Bertz CT molecular complexity index is 794. The van der Waals surface area contributed by atoms with Gasteiger partial charge in [-0.15, -0.1) is 0 Å². The maximum atomic E-state index is 9.80. The predicted molar refractivity (Wildman–Crippen MR) is 88.5 cm³/mol. The predicted octanol–water partition coefficient (Wildman–Crippen LogP) is 3.95. The van der Waals surface area contributed by atoms with Crippen LogP contribution in [0.15, 0.2) is 46.7 Å². The van der Waals surface area contributed by atoms with Crippen LogP contribution in [0, 0.1) is 5.41 Å². The van der Waals surface area contributed by atoms with Crippen molar-refractivity contribution in [3.8, 4) is 5.75 Å². The zero-order chi connectivity index (χ0) is 15.5. The summed E-state index contributed by atoms with van der Waals surface area (Å²) in [5.74, 6) is 0.841. The number of aliphatic hydroxyl groups is 1. The van der Waals surface area contributed by atoms with Crippen LogP contribution < -0.4 is 4.74 Å². The molecule has 0 radical (unpaired) electrons. The van der Waals surface area contributed by atoms with Gasteiger partial charge in [-0.25, -0.2) is 0 Å². The summed E-state index contributed by atoms with van der Waals surface area (Å²) in [7, 11) is 0. The monoisotopic (exact) mass is 293 g/mol. The number of hydrogen-bond donors (Lipinski definition) is 1. The van der Waals surface area contributed by atoms with Crippen LogP contribution in [0.25, 0.3) is 5.57 Å². The van der Waals surface area contributed by atoms with Crippen molar-refractivity contribution >= 4 is 17.5 Å². The first-order valence-corrected chi connectivity index (χ1v) is 7.62. The Hall–Kier alpha value is -2.13. The summed E-state index contributed by atoms with van der Waals surface area (Å²) in [6.07, 6.45) is 8.10. The number of ether oxygens (including phenoxy) is 1. The van der Waals surface area contributed by atoms with Crippen molar-refractivity contribution in [3.63, 3.8) is 0 Å². The number of allylic oxidation sites excluding steroid dienone is 5. The van der Waals surface area contributed by atoms with E-state index < -0.39 is 6.10 Å². The van der Waals surface area contributed by atoms with Gasteiger partial charge in [-0.1, -0.05) is 26.0 Å². The van der Waals surface area contributed by atoms with Gasteiger partial charge in [0.05, 0.1) is 18.1 Å². The molecule has 1 N–H and O–H groups in total. The van der Waals surface area contributed by atoms with Crippen molar-refractivity contribution < 1.29 is 9.84 Å². The van der Waals surface area contributed by atoms with Crippen molar-refractivity contribution in [2.75, 3.05) is 0 Å². The zero-order valence-electron chi connectivity index (χ0n) is 13.1. The lowest BCUT2D eigenvalue weighted by Gasteiger charge is -2.31. The van der Waals surface area contributed by atoms with Crippen molar-refractivity contribution in [1.29, 1.82) is 0 Å². The van der Waals surface area contributed by atoms with Gasteiger partial charge in [-0.2, -0.15) is 0 Å². The normalized spacial score (nSPS) is 24.2. The van der Waals surface area contributed by atoms with E-state index in [1.165, 1.54) is 11.1 Å². The van der Waals surface area contributed by atoms with Gasteiger partial charge >= 0.3 is 0 Å². The number of aliphatic hydroxyl groups excluding tert-OH is 1. The third kappa shape index (κ3) is 2.04. The van der Waals surface area contributed by atoms with E-state index in [9.17, 15) is 5.11 Å². The molecule has 1 aromatic rings. The standard InChI is InChI=1S/C19H19NO2/c1-11-7-19(2,3)8-15-14-5-12-4-13(21)9-20-17(12)6-18(14)22-10-16(11)15/h5-10,13,21H,4H2,1-3H3. The Morgan fingerprint density at radius 3 is 2.86 bits per heavy atom. The molecule has 0 fully saturated rings. The molecule has 0 spiro atoms. The summed E-state index contributed by atoms with van der Waals surface area (Å²) < 4.78 is 5.84. The molecule has 1 unspecified atom stereocenters. The molecule has 112 valence electrons. The van der Waals surface area contributed by atoms with Gasteiger partial charge in [-0.3, -0.25) is 4.99 Å². The van der Waals surface area contributed by atoms with Gasteiger partial charge in [0.15, 0.2) is 0 Å². The van der Waals surface area contributed by atoms with Crippen LogP contribution in [-0.2, 0) is 6.42 Å². The Morgan fingerprint density at radius 2 is 2.05 bits per heavy atom. The molecule has 1 atom stereocenters. The summed E-state index contributed by atoms with van der Waals surface area (Å²) in [4.78, 5) is 4.32. The van der Waals surface area contributed by atoms with Crippen LogP contribution >= 0.6 is 0 Å². The molecule has 0 amide bonds. The number of nitrogens with zero attached hydrogens (tertiary/aromatic N) is 1. The first-order chi connectivity index (χ1) is 10.4.